The molecule has 164 valence electrons. The van der Waals surface area contributed by atoms with Gasteiger partial charge in [-0.3, -0.25) is 14.4 Å². The second-order valence-corrected chi connectivity index (χ2v) is 7.52. The molecule has 1 atom stereocenters. The van der Waals surface area contributed by atoms with Crippen molar-refractivity contribution in [2.45, 2.75) is 19.4 Å². The van der Waals surface area contributed by atoms with E-state index in [-0.39, 0.29) is 17.8 Å². The van der Waals surface area contributed by atoms with Gasteiger partial charge in [0.25, 0.3) is 5.91 Å². The van der Waals surface area contributed by atoms with Crippen LogP contribution in [0.3, 0.4) is 0 Å². The first-order valence-electron chi connectivity index (χ1n) is 9.80. The zero-order valence-corrected chi connectivity index (χ0v) is 17.9. The summed E-state index contributed by atoms with van der Waals surface area (Å²) in [5, 5.41) is 8.28. The molecule has 3 N–H and O–H groups in total. The SMILES string of the molecule is CC(=O)Nc1cc(NC(=O)C(Cc2ccccc2)NC(=O)c2ccc(Cl)cc2)ccc1F. The number of rotatable bonds is 7. The highest BCUT2D eigenvalue weighted by molar-refractivity contribution is 6.30. The Morgan fingerprint density at radius 3 is 2.28 bits per heavy atom. The maximum atomic E-state index is 13.9. The van der Waals surface area contributed by atoms with Gasteiger partial charge in [0, 0.05) is 29.6 Å². The second kappa shape index (κ2) is 10.5. The average Bonchev–Trinajstić information content (AvgIpc) is 2.76. The molecule has 0 bridgehead atoms. The van der Waals surface area contributed by atoms with Gasteiger partial charge in [0.1, 0.15) is 11.9 Å². The van der Waals surface area contributed by atoms with Crippen LogP contribution in [0.2, 0.25) is 5.02 Å². The van der Waals surface area contributed by atoms with Crippen LogP contribution in [-0.4, -0.2) is 23.8 Å². The molecule has 0 radical (unpaired) electrons. The van der Waals surface area contributed by atoms with Crippen molar-refractivity contribution in [1.29, 1.82) is 0 Å². The van der Waals surface area contributed by atoms with Crippen LogP contribution in [0.15, 0.2) is 72.8 Å². The first kappa shape index (κ1) is 23.0. The molecule has 3 aromatic rings. The highest BCUT2D eigenvalue weighted by Crippen LogP contribution is 2.20. The summed E-state index contributed by atoms with van der Waals surface area (Å²) in [6, 6.07) is 18.5. The maximum absolute atomic E-state index is 13.9. The van der Waals surface area contributed by atoms with Gasteiger partial charge in [-0.15, -0.1) is 0 Å². The zero-order chi connectivity index (χ0) is 23.1. The van der Waals surface area contributed by atoms with Crippen LogP contribution in [0.5, 0.6) is 0 Å². The first-order chi connectivity index (χ1) is 15.3. The van der Waals surface area contributed by atoms with Crippen LogP contribution in [-0.2, 0) is 16.0 Å². The van der Waals surface area contributed by atoms with Crippen molar-refractivity contribution < 1.29 is 18.8 Å². The van der Waals surface area contributed by atoms with Gasteiger partial charge in [0.05, 0.1) is 5.69 Å². The maximum Gasteiger partial charge on any atom is 0.251 e. The Balaban J connectivity index is 1.80. The van der Waals surface area contributed by atoms with Gasteiger partial charge >= 0.3 is 0 Å². The highest BCUT2D eigenvalue weighted by Gasteiger charge is 2.22. The lowest BCUT2D eigenvalue weighted by Gasteiger charge is -2.19. The monoisotopic (exact) mass is 453 g/mol. The van der Waals surface area contributed by atoms with Crippen LogP contribution in [0.1, 0.15) is 22.8 Å². The van der Waals surface area contributed by atoms with E-state index in [1.165, 1.54) is 19.1 Å². The first-order valence-corrected chi connectivity index (χ1v) is 10.2. The van der Waals surface area contributed by atoms with E-state index in [1.54, 1.807) is 24.3 Å². The number of nitrogens with one attached hydrogen (secondary N) is 3. The van der Waals surface area contributed by atoms with E-state index in [2.05, 4.69) is 16.0 Å². The Hall–Kier alpha value is -3.71. The Morgan fingerprint density at radius 2 is 1.62 bits per heavy atom. The van der Waals surface area contributed by atoms with Crippen LogP contribution in [0.25, 0.3) is 0 Å². The fraction of sp³-hybridized carbons (Fsp3) is 0.125. The number of hydrogen-bond donors (Lipinski definition) is 3. The molecule has 0 fully saturated rings. The Bertz CT molecular complexity index is 1120. The van der Waals surface area contributed by atoms with Crippen LogP contribution >= 0.6 is 11.6 Å². The summed E-state index contributed by atoms with van der Waals surface area (Å²) in [5.41, 5.74) is 1.43. The van der Waals surface area contributed by atoms with E-state index in [1.807, 2.05) is 30.3 Å². The summed E-state index contributed by atoms with van der Waals surface area (Å²) in [6.45, 7) is 1.26. The molecule has 3 rings (SSSR count). The summed E-state index contributed by atoms with van der Waals surface area (Å²) < 4.78 is 13.9. The van der Waals surface area contributed by atoms with Crippen molar-refractivity contribution in [3.8, 4) is 0 Å². The summed E-state index contributed by atoms with van der Waals surface area (Å²) in [7, 11) is 0. The standard InChI is InChI=1S/C24H21ClFN3O3/c1-15(30)27-21-14-19(11-12-20(21)26)28-24(32)22(13-16-5-3-2-4-6-16)29-23(31)17-7-9-18(25)10-8-17/h2-12,14,22H,13H2,1H3,(H,27,30)(H,28,32)(H,29,31). The molecule has 8 heteroatoms. The summed E-state index contributed by atoms with van der Waals surface area (Å²) in [4.78, 5) is 37.0. The number of carbonyl (C=O) groups is 3. The van der Waals surface area contributed by atoms with E-state index in [9.17, 15) is 18.8 Å². The number of anilines is 2. The van der Waals surface area contributed by atoms with Crippen molar-refractivity contribution in [1.82, 2.24) is 5.32 Å². The molecule has 6 nitrogen and oxygen atoms in total. The minimum atomic E-state index is -0.908. The lowest BCUT2D eigenvalue weighted by molar-refractivity contribution is -0.118. The van der Waals surface area contributed by atoms with Gasteiger partial charge in [0.15, 0.2) is 0 Å². The van der Waals surface area contributed by atoms with Crippen molar-refractivity contribution in [3.63, 3.8) is 0 Å². The lowest BCUT2D eigenvalue weighted by Crippen LogP contribution is -2.45. The normalized spacial score (nSPS) is 11.3. The van der Waals surface area contributed by atoms with Crippen molar-refractivity contribution in [2.24, 2.45) is 0 Å². The Labute approximate surface area is 189 Å². The fourth-order valence-electron chi connectivity index (χ4n) is 3.02. The number of benzene rings is 3. The van der Waals surface area contributed by atoms with Crippen molar-refractivity contribution in [3.05, 3.63) is 94.8 Å². The fourth-order valence-corrected chi connectivity index (χ4v) is 3.15. The third-order valence-electron chi connectivity index (χ3n) is 4.56. The van der Waals surface area contributed by atoms with Crippen molar-refractivity contribution in [2.75, 3.05) is 10.6 Å². The average molecular weight is 454 g/mol. The predicted octanol–water partition coefficient (Wildman–Crippen LogP) is 4.42. The minimum absolute atomic E-state index is 0.0555. The van der Waals surface area contributed by atoms with Crippen molar-refractivity contribution >= 4 is 40.7 Å². The van der Waals surface area contributed by atoms with E-state index < -0.39 is 29.6 Å². The number of halogens is 2. The molecule has 0 aliphatic heterocycles. The second-order valence-electron chi connectivity index (χ2n) is 7.09. The van der Waals surface area contributed by atoms with Gasteiger partial charge in [-0.25, -0.2) is 4.39 Å². The molecule has 0 aromatic heterocycles. The van der Waals surface area contributed by atoms with E-state index >= 15 is 0 Å². The molecule has 0 heterocycles. The zero-order valence-electron chi connectivity index (χ0n) is 17.2. The summed E-state index contributed by atoms with van der Waals surface area (Å²) >= 11 is 5.88. The molecule has 32 heavy (non-hydrogen) atoms. The highest BCUT2D eigenvalue weighted by atomic mass is 35.5. The summed E-state index contributed by atoms with van der Waals surface area (Å²) in [5.74, 6) is -1.99. The Morgan fingerprint density at radius 1 is 0.938 bits per heavy atom. The molecule has 0 saturated carbocycles. The molecule has 0 saturated heterocycles. The minimum Gasteiger partial charge on any atom is -0.340 e. The number of amides is 3. The third-order valence-corrected chi connectivity index (χ3v) is 4.81. The smallest absolute Gasteiger partial charge is 0.251 e. The molecule has 1 unspecified atom stereocenters. The molecule has 3 amide bonds. The van der Waals surface area contributed by atoms with Crippen LogP contribution in [0.4, 0.5) is 15.8 Å². The predicted molar refractivity (Wildman–Crippen MR) is 122 cm³/mol. The van der Waals surface area contributed by atoms with Crippen LogP contribution in [0, 0.1) is 5.82 Å². The molecule has 0 spiro atoms. The largest absolute Gasteiger partial charge is 0.340 e. The Kier molecular flexibility index (Phi) is 7.57. The molecular weight excluding hydrogens is 433 g/mol. The molecule has 0 aliphatic rings. The van der Waals surface area contributed by atoms with Gasteiger partial charge < -0.3 is 16.0 Å². The molecule has 3 aromatic carbocycles. The van der Waals surface area contributed by atoms with Gasteiger partial charge in [0.2, 0.25) is 11.8 Å². The molecular formula is C24H21ClFN3O3. The van der Waals surface area contributed by atoms with Gasteiger partial charge in [-0.1, -0.05) is 41.9 Å². The number of carbonyl (C=O) groups excluding carboxylic acids is 3. The van der Waals surface area contributed by atoms with E-state index in [0.29, 0.717) is 10.6 Å². The molecule has 0 aliphatic carbocycles. The van der Waals surface area contributed by atoms with Gasteiger partial charge in [-0.05, 0) is 48.0 Å². The summed E-state index contributed by atoms with van der Waals surface area (Å²) in [6.07, 6.45) is 0.242. The van der Waals surface area contributed by atoms with Crippen LogP contribution < -0.4 is 16.0 Å². The number of hydrogen-bond acceptors (Lipinski definition) is 3. The topological polar surface area (TPSA) is 87.3 Å². The lowest BCUT2D eigenvalue weighted by atomic mass is 10.0. The van der Waals surface area contributed by atoms with E-state index in [4.69, 9.17) is 11.6 Å². The van der Waals surface area contributed by atoms with Gasteiger partial charge in [-0.2, -0.15) is 0 Å². The quantitative estimate of drug-likeness (QED) is 0.495. The van der Waals surface area contributed by atoms with E-state index in [0.717, 1.165) is 11.6 Å². The third kappa shape index (κ3) is 6.39.